The van der Waals surface area contributed by atoms with Crippen LogP contribution in [-0.4, -0.2) is 22.7 Å². The molecule has 1 aromatic carbocycles. The van der Waals surface area contributed by atoms with Crippen LogP contribution >= 0.6 is 11.6 Å². The molecule has 2 rings (SSSR count). The van der Waals surface area contributed by atoms with Crippen molar-refractivity contribution in [3.8, 4) is 5.75 Å². The van der Waals surface area contributed by atoms with Gasteiger partial charge in [-0.3, -0.25) is 4.79 Å². The largest absolute Gasteiger partial charge is 0.492 e. The van der Waals surface area contributed by atoms with Crippen molar-refractivity contribution < 1.29 is 13.9 Å². The molecule has 2 aromatic rings. The number of hydrogen-bond acceptors (Lipinski definition) is 4. The van der Waals surface area contributed by atoms with Gasteiger partial charge in [0.05, 0.1) is 12.3 Å². The molecule has 0 atom stereocenters. The van der Waals surface area contributed by atoms with Gasteiger partial charge in [-0.05, 0) is 31.2 Å². The number of nitrogens with zero attached hydrogens (tertiary/aromatic N) is 2. The van der Waals surface area contributed by atoms with Gasteiger partial charge < -0.3 is 10.1 Å². The van der Waals surface area contributed by atoms with Gasteiger partial charge in [0.25, 0.3) is 5.91 Å². The Hall–Kier alpha value is -2.21. The van der Waals surface area contributed by atoms with Crippen molar-refractivity contribution in [2.45, 2.75) is 6.92 Å². The van der Waals surface area contributed by atoms with Crippen LogP contribution in [0.2, 0.25) is 5.15 Å². The topological polar surface area (TPSA) is 64.1 Å². The molecule has 0 aliphatic rings. The van der Waals surface area contributed by atoms with Crippen LogP contribution in [0, 0.1) is 5.82 Å². The molecule has 0 fully saturated rings. The standard InChI is InChI=1S/C13H11ClFN3O2/c1-2-20-11-7-8(15)3-4-9(11)16-13(19)10-5-6-12(14)18-17-10/h3-7H,2H2,1H3,(H,16,19). The van der Waals surface area contributed by atoms with Gasteiger partial charge in [0, 0.05) is 6.07 Å². The van der Waals surface area contributed by atoms with E-state index >= 15 is 0 Å². The van der Waals surface area contributed by atoms with Gasteiger partial charge in [-0.25, -0.2) is 4.39 Å². The molecule has 1 aromatic heterocycles. The maximum absolute atomic E-state index is 13.1. The van der Waals surface area contributed by atoms with E-state index in [2.05, 4.69) is 15.5 Å². The second kappa shape index (κ2) is 6.29. The maximum Gasteiger partial charge on any atom is 0.276 e. The van der Waals surface area contributed by atoms with Crippen LogP contribution in [0.4, 0.5) is 10.1 Å². The highest BCUT2D eigenvalue weighted by Crippen LogP contribution is 2.25. The quantitative estimate of drug-likeness (QED) is 0.942. The van der Waals surface area contributed by atoms with Crippen LogP contribution in [-0.2, 0) is 0 Å². The van der Waals surface area contributed by atoms with E-state index in [9.17, 15) is 9.18 Å². The first-order chi connectivity index (χ1) is 9.60. The summed E-state index contributed by atoms with van der Waals surface area (Å²) in [5.74, 6) is -0.678. The minimum atomic E-state index is -0.485. The fourth-order valence-corrected chi connectivity index (χ4v) is 1.60. The fourth-order valence-electron chi connectivity index (χ4n) is 1.50. The Labute approximate surface area is 119 Å². The van der Waals surface area contributed by atoms with Gasteiger partial charge in [0.1, 0.15) is 11.6 Å². The highest BCUT2D eigenvalue weighted by atomic mass is 35.5. The molecule has 1 amide bonds. The zero-order valence-electron chi connectivity index (χ0n) is 10.6. The number of halogens is 2. The molecule has 20 heavy (non-hydrogen) atoms. The first-order valence-corrected chi connectivity index (χ1v) is 6.21. The molecule has 0 radical (unpaired) electrons. The van der Waals surface area contributed by atoms with Crippen molar-refractivity contribution in [2.24, 2.45) is 0 Å². The van der Waals surface area contributed by atoms with Crippen LogP contribution in [0.3, 0.4) is 0 Å². The van der Waals surface area contributed by atoms with Gasteiger partial charge in [-0.1, -0.05) is 11.6 Å². The van der Waals surface area contributed by atoms with Gasteiger partial charge in [0.2, 0.25) is 0 Å². The number of nitrogens with one attached hydrogen (secondary N) is 1. The van der Waals surface area contributed by atoms with Crippen molar-refractivity contribution in [3.63, 3.8) is 0 Å². The van der Waals surface area contributed by atoms with Crippen LogP contribution in [0.25, 0.3) is 0 Å². The van der Waals surface area contributed by atoms with Gasteiger partial charge in [-0.15, -0.1) is 10.2 Å². The number of benzene rings is 1. The van der Waals surface area contributed by atoms with E-state index in [1.165, 1.54) is 30.3 Å². The molecule has 104 valence electrons. The van der Waals surface area contributed by atoms with Gasteiger partial charge in [-0.2, -0.15) is 0 Å². The molecule has 5 nitrogen and oxygen atoms in total. The summed E-state index contributed by atoms with van der Waals surface area (Å²) >= 11 is 5.59. The molecular weight excluding hydrogens is 285 g/mol. The van der Waals surface area contributed by atoms with Crippen molar-refractivity contribution in [1.29, 1.82) is 0 Å². The van der Waals surface area contributed by atoms with E-state index < -0.39 is 11.7 Å². The van der Waals surface area contributed by atoms with E-state index in [1.807, 2.05) is 0 Å². The summed E-state index contributed by atoms with van der Waals surface area (Å²) in [4.78, 5) is 12.0. The van der Waals surface area contributed by atoms with Crippen LogP contribution in [0.1, 0.15) is 17.4 Å². The summed E-state index contributed by atoms with van der Waals surface area (Å²) in [6, 6.07) is 6.74. The Morgan fingerprint density at radius 2 is 2.15 bits per heavy atom. The van der Waals surface area contributed by atoms with Crippen molar-refractivity contribution >= 4 is 23.2 Å². The summed E-state index contributed by atoms with van der Waals surface area (Å²) in [7, 11) is 0. The van der Waals surface area contributed by atoms with Gasteiger partial charge >= 0.3 is 0 Å². The summed E-state index contributed by atoms with van der Waals surface area (Å²) in [5, 5.41) is 10.0. The smallest absolute Gasteiger partial charge is 0.276 e. The molecule has 0 saturated heterocycles. The highest BCUT2D eigenvalue weighted by Gasteiger charge is 2.12. The molecule has 0 spiro atoms. The third-order valence-electron chi connectivity index (χ3n) is 2.36. The van der Waals surface area contributed by atoms with Crippen LogP contribution in [0.5, 0.6) is 5.75 Å². The zero-order valence-corrected chi connectivity index (χ0v) is 11.3. The third kappa shape index (κ3) is 3.42. The van der Waals surface area contributed by atoms with E-state index in [-0.39, 0.29) is 16.6 Å². The molecule has 7 heteroatoms. The third-order valence-corrected chi connectivity index (χ3v) is 2.56. The second-order valence-corrected chi connectivity index (χ2v) is 4.16. The van der Waals surface area contributed by atoms with Crippen molar-refractivity contribution in [1.82, 2.24) is 10.2 Å². The Morgan fingerprint density at radius 1 is 1.35 bits per heavy atom. The van der Waals surface area contributed by atoms with E-state index in [0.29, 0.717) is 12.3 Å². The van der Waals surface area contributed by atoms with E-state index in [0.717, 1.165) is 0 Å². The summed E-state index contributed by atoms with van der Waals surface area (Å²) < 4.78 is 18.4. The predicted octanol–water partition coefficient (Wildman–Crippen LogP) is 2.92. The molecule has 0 bridgehead atoms. The second-order valence-electron chi connectivity index (χ2n) is 3.77. The van der Waals surface area contributed by atoms with Crippen LogP contribution < -0.4 is 10.1 Å². The highest BCUT2D eigenvalue weighted by molar-refractivity contribution is 6.29. The molecule has 0 unspecified atom stereocenters. The lowest BCUT2D eigenvalue weighted by molar-refractivity contribution is 0.102. The molecule has 0 aliphatic carbocycles. The Bertz CT molecular complexity index is 620. The van der Waals surface area contributed by atoms with E-state index in [1.54, 1.807) is 6.92 Å². The molecule has 1 N–H and O–H groups in total. The monoisotopic (exact) mass is 295 g/mol. The average molecular weight is 296 g/mol. The zero-order chi connectivity index (χ0) is 14.5. The van der Waals surface area contributed by atoms with Crippen molar-refractivity contribution in [3.05, 3.63) is 47.0 Å². The van der Waals surface area contributed by atoms with Crippen LogP contribution in [0.15, 0.2) is 30.3 Å². The maximum atomic E-state index is 13.1. The Balaban J connectivity index is 2.21. The number of ether oxygens (including phenoxy) is 1. The number of anilines is 1. The SMILES string of the molecule is CCOc1cc(F)ccc1NC(=O)c1ccc(Cl)nn1. The minimum Gasteiger partial charge on any atom is -0.492 e. The Morgan fingerprint density at radius 3 is 2.80 bits per heavy atom. The first kappa shape index (κ1) is 14.2. The van der Waals surface area contributed by atoms with Crippen molar-refractivity contribution in [2.75, 3.05) is 11.9 Å². The summed E-state index contributed by atoms with van der Waals surface area (Å²) in [6.45, 7) is 2.12. The lowest BCUT2D eigenvalue weighted by Gasteiger charge is -2.11. The molecule has 1 heterocycles. The fraction of sp³-hybridized carbons (Fsp3) is 0.154. The minimum absolute atomic E-state index is 0.0983. The first-order valence-electron chi connectivity index (χ1n) is 5.83. The lowest BCUT2D eigenvalue weighted by Crippen LogP contribution is -2.15. The number of carbonyl (C=O) groups excluding carboxylic acids is 1. The lowest BCUT2D eigenvalue weighted by atomic mass is 10.2. The number of hydrogen-bond donors (Lipinski definition) is 1. The summed E-state index contributed by atoms with van der Waals surface area (Å²) in [6.07, 6.45) is 0. The normalized spacial score (nSPS) is 10.2. The van der Waals surface area contributed by atoms with Gasteiger partial charge in [0.15, 0.2) is 10.8 Å². The number of aromatic nitrogens is 2. The number of amides is 1. The predicted molar refractivity (Wildman–Crippen MR) is 72.6 cm³/mol. The summed E-state index contributed by atoms with van der Waals surface area (Å²) in [5.41, 5.74) is 0.455. The Kier molecular flexibility index (Phi) is 4.47. The number of rotatable bonds is 4. The molecular formula is C13H11ClFN3O2. The molecule has 0 aliphatic heterocycles. The van der Waals surface area contributed by atoms with E-state index in [4.69, 9.17) is 16.3 Å². The average Bonchev–Trinajstić information content (AvgIpc) is 2.43. The number of carbonyl (C=O) groups is 1. The molecule has 0 saturated carbocycles.